The minimum Gasteiger partial charge on any atom is -0.504 e. The number of nitrogens with one attached hydrogen (secondary N) is 1. The zero-order valence-corrected chi connectivity index (χ0v) is 23.2. The average Bonchev–Trinajstić information content (AvgIpc) is 2.99. The molecule has 41 heavy (non-hydrogen) atoms. The lowest BCUT2D eigenvalue weighted by atomic mass is 9.96. The number of phenolic OH excluding ortho intramolecular Hbond substituents is 3. The fraction of sp³-hybridized carbons (Fsp3) is 0.121. The molecule has 0 spiro atoms. The molecule has 5 rings (SSSR count). The van der Waals surface area contributed by atoms with E-state index in [9.17, 15) is 28.5 Å². The molecule has 0 saturated carbocycles. The quantitative estimate of drug-likeness (QED) is 0.157. The van der Waals surface area contributed by atoms with Crippen LogP contribution >= 0.6 is 0 Å². The fourth-order valence-electron chi connectivity index (χ4n) is 4.91. The second-order valence-corrected chi connectivity index (χ2v) is 11.7. The van der Waals surface area contributed by atoms with E-state index in [1.54, 1.807) is 24.3 Å². The van der Waals surface area contributed by atoms with Crippen molar-refractivity contribution in [3.05, 3.63) is 119 Å². The number of anilines is 1. The van der Waals surface area contributed by atoms with Crippen molar-refractivity contribution >= 4 is 32.2 Å². The Morgan fingerprint density at radius 1 is 0.707 bits per heavy atom. The first-order chi connectivity index (χ1) is 19.7. The molecular formula is C33H29NO6S. The van der Waals surface area contributed by atoms with Crippen molar-refractivity contribution in [2.75, 3.05) is 5.32 Å². The molecule has 0 fully saturated rings. The van der Waals surface area contributed by atoms with Gasteiger partial charge in [0.2, 0.25) is 15.6 Å². The molecule has 0 aromatic heterocycles. The molecule has 208 valence electrons. The summed E-state index contributed by atoms with van der Waals surface area (Å²) >= 11 is 0. The number of rotatable bonds is 8. The summed E-state index contributed by atoms with van der Waals surface area (Å²) in [6.07, 6.45) is 1.50. The van der Waals surface area contributed by atoms with Crippen LogP contribution in [0.3, 0.4) is 0 Å². The lowest BCUT2D eigenvalue weighted by molar-refractivity contribution is 0.102. The molecule has 4 N–H and O–H groups in total. The lowest BCUT2D eigenvalue weighted by Gasteiger charge is -2.16. The Balaban J connectivity index is 1.52. The summed E-state index contributed by atoms with van der Waals surface area (Å²) in [5.74, 6) is -2.85. The van der Waals surface area contributed by atoms with E-state index in [1.165, 1.54) is 30.3 Å². The minimum absolute atomic E-state index is 0.00766. The van der Waals surface area contributed by atoms with Crippen molar-refractivity contribution in [3.63, 3.8) is 0 Å². The van der Waals surface area contributed by atoms with Crippen molar-refractivity contribution in [2.24, 2.45) is 0 Å². The molecule has 7 nitrogen and oxygen atoms in total. The van der Waals surface area contributed by atoms with Gasteiger partial charge in [0.25, 0.3) is 5.91 Å². The molecule has 1 amide bonds. The van der Waals surface area contributed by atoms with Gasteiger partial charge >= 0.3 is 0 Å². The molecule has 0 unspecified atom stereocenters. The number of phenols is 3. The molecule has 5 aromatic carbocycles. The van der Waals surface area contributed by atoms with Gasteiger partial charge < -0.3 is 20.6 Å². The molecule has 0 aliphatic heterocycles. The predicted molar refractivity (Wildman–Crippen MR) is 158 cm³/mol. The number of aryl methyl sites for hydroxylation is 1. The SMILES string of the molecule is CCCc1ccc(S(=O)(=O)c2ccccc2)cc1NC(=O)c1cc(Cc2cccc3ccccc23)c(O)c(O)c1O. The van der Waals surface area contributed by atoms with Crippen LogP contribution in [0.5, 0.6) is 17.2 Å². The molecule has 0 heterocycles. The topological polar surface area (TPSA) is 124 Å². The van der Waals surface area contributed by atoms with E-state index in [-0.39, 0.29) is 33.0 Å². The summed E-state index contributed by atoms with van der Waals surface area (Å²) in [6.45, 7) is 1.96. The molecule has 0 bridgehead atoms. The van der Waals surface area contributed by atoms with Crippen LogP contribution in [0.4, 0.5) is 5.69 Å². The minimum atomic E-state index is -3.85. The van der Waals surface area contributed by atoms with Gasteiger partial charge in [0, 0.05) is 17.7 Å². The monoisotopic (exact) mass is 567 g/mol. The molecule has 0 radical (unpaired) electrons. The first-order valence-electron chi connectivity index (χ1n) is 13.2. The van der Waals surface area contributed by atoms with Gasteiger partial charge in [-0.05, 0) is 58.7 Å². The van der Waals surface area contributed by atoms with Gasteiger partial charge in [0.05, 0.1) is 15.4 Å². The molecule has 8 heteroatoms. The molecule has 0 aliphatic rings. The number of hydrogen-bond donors (Lipinski definition) is 4. The summed E-state index contributed by atoms with van der Waals surface area (Å²) in [7, 11) is -3.85. The van der Waals surface area contributed by atoms with Crippen LogP contribution in [0.15, 0.2) is 107 Å². The van der Waals surface area contributed by atoms with Gasteiger partial charge in [-0.3, -0.25) is 4.79 Å². The van der Waals surface area contributed by atoms with E-state index in [1.807, 2.05) is 49.4 Å². The maximum absolute atomic E-state index is 13.5. The Morgan fingerprint density at radius 3 is 2.17 bits per heavy atom. The Labute approximate surface area is 238 Å². The van der Waals surface area contributed by atoms with Gasteiger partial charge in [-0.15, -0.1) is 0 Å². The number of carbonyl (C=O) groups excluding carboxylic acids is 1. The average molecular weight is 568 g/mol. The number of benzene rings is 5. The number of hydrogen-bond acceptors (Lipinski definition) is 6. The standard InChI is InChI=1S/C33H29NO6S/c1-2-9-22-16-17-26(41(39,40)25-13-4-3-5-14-25)20-29(22)34-33(38)28-19-24(30(35)32(37)31(28)36)18-23-12-8-11-21-10-6-7-15-27(21)23/h3-8,10-17,19-20,35-37H,2,9,18H2,1H3,(H,34,38). The van der Waals surface area contributed by atoms with E-state index >= 15 is 0 Å². The molecule has 0 atom stereocenters. The Hall–Kier alpha value is -4.82. The van der Waals surface area contributed by atoms with E-state index < -0.39 is 33.0 Å². The summed E-state index contributed by atoms with van der Waals surface area (Å²) in [5, 5.41) is 36.5. The third kappa shape index (κ3) is 5.47. The van der Waals surface area contributed by atoms with Crippen LogP contribution in [-0.4, -0.2) is 29.6 Å². The second-order valence-electron chi connectivity index (χ2n) is 9.78. The first-order valence-corrected chi connectivity index (χ1v) is 14.7. The van der Waals surface area contributed by atoms with Crippen LogP contribution in [-0.2, 0) is 22.7 Å². The highest BCUT2D eigenvalue weighted by atomic mass is 32.2. The molecular weight excluding hydrogens is 538 g/mol. The van der Waals surface area contributed by atoms with Crippen molar-refractivity contribution in [1.82, 2.24) is 0 Å². The summed E-state index contributed by atoms with van der Waals surface area (Å²) in [4.78, 5) is 13.6. The zero-order valence-electron chi connectivity index (χ0n) is 22.3. The van der Waals surface area contributed by atoms with Gasteiger partial charge in [-0.2, -0.15) is 0 Å². The summed E-state index contributed by atoms with van der Waals surface area (Å²) < 4.78 is 26.5. The third-order valence-electron chi connectivity index (χ3n) is 7.04. The molecule has 0 saturated heterocycles. The molecule has 0 aliphatic carbocycles. The van der Waals surface area contributed by atoms with Crippen LogP contribution in [0.1, 0.15) is 40.4 Å². The highest BCUT2D eigenvalue weighted by molar-refractivity contribution is 7.91. The Kier molecular flexibility index (Phi) is 7.68. The Morgan fingerprint density at radius 2 is 1.41 bits per heavy atom. The summed E-state index contributed by atoms with van der Waals surface area (Å²) in [6, 6.07) is 27.4. The van der Waals surface area contributed by atoms with E-state index in [0.29, 0.717) is 12.0 Å². The first kappa shape index (κ1) is 27.7. The maximum atomic E-state index is 13.5. The van der Waals surface area contributed by atoms with Crippen molar-refractivity contribution in [2.45, 2.75) is 36.0 Å². The van der Waals surface area contributed by atoms with Crippen molar-refractivity contribution in [3.8, 4) is 17.2 Å². The second kappa shape index (κ2) is 11.3. The lowest BCUT2D eigenvalue weighted by Crippen LogP contribution is -2.15. The molecule has 5 aromatic rings. The smallest absolute Gasteiger partial charge is 0.259 e. The fourth-order valence-corrected chi connectivity index (χ4v) is 6.22. The number of carbonyl (C=O) groups is 1. The summed E-state index contributed by atoms with van der Waals surface area (Å²) in [5.41, 5.74) is 1.84. The van der Waals surface area contributed by atoms with E-state index in [0.717, 1.165) is 22.8 Å². The van der Waals surface area contributed by atoms with E-state index in [4.69, 9.17) is 0 Å². The van der Waals surface area contributed by atoms with Gasteiger partial charge in [-0.25, -0.2) is 8.42 Å². The highest BCUT2D eigenvalue weighted by Crippen LogP contribution is 2.42. The van der Waals surface area contributed by atoms with Gasteiger partial charge in [0.1, 0.15) is 0 Å². The normalized spacial score (nSPS) is 11.4. The van der Waals surface area contributed by atoms with E-state index in [2.05, 4.69) is 5.32 Å². The highest BCUT2D eigenvalue weighted by Gasteiger charge is 2.24. The number of sulfone groups is 1. The number of aromatic hydroxyl groups is 3. The largest absolute Gasteiger partial charge is 0.504 e. The Bertz CT molecular complexity index is 1860. The van der Waals surface area contributed by atoms with Gasteiger partial charge in [0.15, 0.2) is 11.5 Å². The van der Waals surface area contributed by atoms with Crippen LogP contribution < -0.4 is 5.32 Å². The van der Waals surface area contributed by atoms with Crippen LogP contribution in [0, 0.1) is 0 Å². The van der Waals surface area contributed by atoms with Crippen molar-refractivity contribution in [1.29, 1.82) is 0 Å². The van der Waals surface area contributed by atoms with Crippen LogP contribution in [0.25, 0.3) is 10.8 Å². The maximum Gasteiger partial charge on any atom is 0.259 e. The zero-order chi connectivity index (χ0) is 29.1. The number of amides is 1. The third-order valence-corrected chi connectivity index (χ3v) is 8.81. The van der Waals surface area contributed by atoms with Crippen molar-refractivity contribution < 1.29 is 28.5 Å². The number of fused-ring (bicyclic) bond motifs is 1. The van der Waals surface area contributed by atoms with Crippen LogP contribution in [0.2, 0.25) is 0 Å². The van der Waals surface area contributed by atoms with Gasteiger partial charge in [-0.1, -0.05) is 80.1 Å². The predicted octanol–water partition coefficient (Wildman–Crippen LogP) is 6.59.